The Bertz CT molecular complexity index is 738. The Labute approximate surface area is 141 Å². The average Bonchev–Trinajstić information content (AvgIpc) is 3.09. The first-order chi connectivity index (χ1) is 11.6. The summed E-state index contributed by atoms with van der Waals surface area (Å²) in [6.45, 7) is 3.63. The molecule has 3 heterocycles. The van der Waals surface area contributed by atoms with Gasteiger partial charge in [0.1, 0.15) is 16.5 Å². The summed E-state index contributed by atoms with van der Waals surface area (Å²) in [5.41, 5.74) is 0. The van der Waals surface area contributed by atoms with Gasteiger partial charge < -0.3 is 14.5 Å². The molecule has 130 valence electrons. The molecule has 1 N–H and O–H groups in total. The molecule has 7 nitrogen and oxygen atoms in total. The number of sulfonamides is 1. The summed E-state index contributed by atoms with van der Waals surface area (Å²) in [7, 11) is -3.50. The quantitative estimate of drug-likeness (QED) is 0.853. The molecular weight excluding hydrogens is 330 g/mol. The molecule has 0 amide bonds. The molecule has 2 aromatic heterocycles. The van der Waals surface area contributed by atoms with Crippen LogP contribution in [0.25, 0.3) is 0 Å². The summed E-state index contributed by atoms with van der Waals surface area (Å²) in [4.78, 5) is 4.43. The molecule has 0 radical (unpaired) electrons. The molecule has 1 fully saturated rings. The third-order valence-electron chi connectivity index (χ3n) is 3.83. The van der Waals surface area contributed by atoms with Crippen LogP contribution in [-0.2, 0) is 21.2 Å². The molecule has 8 heteroatoms. The topological polar surface area (TPSA) is 84.7 Å². The van der Waals surface area contributed by atoms with E-state index < -0.39 is 10.0 Å². The highest BCUT2D eigenvalue weighted by atomic mass is 32.2. The molecule has 24 heavy (non-hydrogen) atoms. The zero-order valence-electron chi connectivity index (χ0n) is 13.5. The van der Waals surface area contributed by atoms with Crippen LogP contribution >= 0.6 is 0 Å². The van der Waals surface area contributed by atoms with Crippen molar-refractivity contribution in [2.75, 3.05) is 31.6 Å². The maximum Gasteiger partial charge on any atom is 0.244 e. The minimum absolute atomic E-state index is 0.116. The second-order valence-corrected chi connectivity index (χ2v) is 7.66. The summed E-state index contributed by atoms with van der Waals surface area (Å²) in [5, 5.41) is 3.24. The molecule has 2 aromatic rings. The molecule has 1 unspecified atom stereocenters. The number of rotatable bonds is 6. The van der Waals surface area contributed by atoms with E-state index in [4.69, 9.17) is 9.15 Å². The van der Waals surface area contributed by atoms with Crippen molar-refractivity contribution in [1.29, 1.82) is 0 Å². The van der Waals surface area contributed by atoms with Crippen LogP contribution in [-0.4, -0.2) is 50.1 Å². The smallest absolute Gasteiger partial charge is 0.244 e. The normalized spacial score (nSPS) is 17.5. The van der Waals surface area contributed by atoms with Gasteiger partial charge in [-0.1, -0.05) is 0 Å². The van der Waals surface area contributed by atoms with E-state index in [9.17, 15) is 8.42 Å². The SMILES string of the molecule is CC(Cc1ccco1)Nc1ccc(S(=O)(=O)N2CCOCC2)cn1. The third kappa shape index (κ3) is 3.95. The summed E-state index contributed by atoms with van der Waals surface area (Å²) < 4.78 is 37.0. The van der Waals surface area contributed by atoms with E-state index in [1.165, 1.54) is 10.5 Å². The first-order valence-corrected chi connectivity index (χ1v) is 9.32. The number of nitrogens with zero attached hydrogens (tertiary/aromatic N) is 2. The van der Waals surface area contributed by atoms with Crippen molar-refractivity contribution < 1.29 is 17.6 Å². The van der Waals surface area contributed by atoms with E-state index in [1.54, 1.807) is 18.4 Å². The van der Waals surface area contributed by atoms with Crippen molar-refractivity contribution in [2.45, 2.75) is 24.3 Å². The lowest BCUT2D eigenvalue weighted by molar-refractivity contribution is 0.0730. The number of nitrogens with one attached hydrogen (secondary N) is 1. The first kappa shape index (κ1) is 16.9. The summed E-state index contributed by atoms with van der Waals surface area (Å²) in [5.74, 6) is 1.52. The van der Waals surface area contributed by atoms with Gasteiger partial charge in [-0.15, -0.1) is 0 Å². The van der Waals surface area contributed by atoms with Crippen molar-refractivity contribution in [3.05, 3.63) is 42.5 Å². The van der Waals surface area contributed by atoms with E-state index in [-0.39, 0.29) is 10.9 Å². The van der Waals surface area contributed by atoms with Crippen LogP contribution in [0.5, 0.6) is 0 Å². The van der Waals surface area contributed by atoms with Crippen molar-refractivity contribution in [3.63, 3.8) is 0 Å². The molecule has 0 spiro atoms. The van der Waals surface area contributed by atoms with Gasteiger partial charge in [0, 0.05) is 31.7 Å². The minimum Gasteiger partial charge on any atom is -0.469 e. The highest BCUT2D eigenvalue weighted by molar-refractivity contribution is 7.89. The van der Waals surface area contributed by atoms with Gasteiger partial charge in [0.05, 0.1) is 19.5 Å². The van der Waals surface area contributed by atoms with Crippen molar-refractivity contribution in [3.8, 4) is 0 Å². The lowest BCUT2D eigenvalue weighted by Crippen LogP contribution is -2.40. The van der Waals surface area contributed by atoms with Crippen LogP contribution < -0.4 is 5.32 Å². The number of hydrogen-bond acceptors (Lipinski definition) is 6. The van der Waals surface area contributed by atoms with Gasteiger partial charge in [0.15, 0.2) is 0 Å². The van der Waals surface area contributed by atoms with Crippen LogP contribution in [0.2, 0.25) is 0 Å². The predicted molar refractivity (Wildman–Crippen MR) is 89.3 cm³/mol. The number of ether oxygens (including phenoxy) is 1. The minimum atomic E-state index is -3.50. The zero-order valence-corrected chi connectivity index (χ0v) is 14.3. The zero-order chi connectivity index (χ0) is 17.0. The van der Waals surface area contributed by atoms with Crippen molar-refractivity contribution in [1.82, 2.24) is 9.29 Å². The van der Waals surface area contributed by atoms with Crippen LogP contribution in [0.4, 0.5) is 5.82 Å². The molecule has 0 saturated carbocycles. The van der Waals surface area contributed by atoms with E-state index >= 15 is 0 Å². The number of pyridine rings is 1. The second kappa shape index (κ2) is 7.33. The summed E-state index contributed by atoms with van der Waals surface area (Å²) in [6.07, 6.45) is 3.76. The Morgan fingerprint density at radius 2 is 2.08 bits per heavy atom. The molecular formula is C16H21N3O4S. The molecule has 0 aromatic carbocycles. The molecule has 0 aliphatic carbocycles. The van der Waals surface area contributed by atoms with Gasteiger partial charge in [0.25, 0.3) is 0 Å². The molecule has 1 aliphatic heterocycles. The third-order valence-corrected chi connectivity index (χ3v) is 5.71. The Morgan fingerprint density at radius 1 is 1.29 bits per heavy atom. The number of morpholine rings is 1. The number of hydrogen-bond donors (Lipinski definition) is 1. The Balaban J connectivity index is 1.64. The largest absolute Gasteiger partial charge is 0.469 e. The van der Waals surface area contributed by atoms with Crippen molar-refractivity contribution in [2.24, 2.45) is 0 Å². The Kier molecular flexibility index (Phi) is 5.17. The van der Waals surface area contributed by atoms with Crippen LogP contribution in [0, 0.1) is 0 Å². The highest BCUT2D eigenvalue weighted by Gasteiger charge is 2.26. The van der Waals surface area contributed by atoms with Gasteiger partial charge in [-0.2, -0.15) is 4.31 Å². The molecule has 1 saturated heterocycles. The Morgan fingerprint density at radius 3 is 2.71 bits per heavy atom. The fraction of sp³-hybridized carbons (Fsp3) is 0.438. The van der Waals surface area contributed by atoms with Crippen molar-refractivity contribution >= 4 is 15.8 Å². The van der Waals surface area contributed by atoms with Crippen LogP contribution in [0.3, 0.4) is 0 Å². The van der Waals surface area contributed by atoms with Gasteiger partial charge in [0.2, 0.25) is 10.0 Å². The maximum atomic E-state index is 12.5. The standard InChI is InChI=1S/C16H21N3O4S/c1-13(11-14-3-2-8-23-14)18-16-5-4-15(12-17-16)24(20,21)19-6-9-22-10-7-19/h2-5,8,12-13H,6-7,9-11H2,1H3,(H,17,18). The van der Waals surface area contributed by atoms with E-state index in [0.29, 0.717) is 32.1 Å². The lowest BCUT2D eigenvalue weighted by Gasteiger charge is -2.26. The first-order valence-electron chi connectivity index (χ1n) is 7.88. The van der Waals surface area contributed by atoms with E-state index in [1.807, 2.05) is 19.1 Å². The average molecular weight is 351 g/mol. The maximum absolute atomic E-state index is 12.5. The summed E-state index contributed by atoms with van der Waals surface area (Å²) >= 11 is 0. The lowest BCUT2D eigenvalue weighted by atomic mass is 10.2. The predicted octanol–water partition coefficient (Wildman–Crippen LogP) is 1.74. The van der Waals surface area contributed by atoms with Gasteiger partial charge in [-0.25, -0.2) is 13.4 Å². The second-order valence-electron chi connectivity index (χ2n) is 5.72. The van der Waals surface area contributed by atoms with Crippen LogP contribution in [0.1, 0.15) is 12.7 Å². The Hall–Kier alpha value is -1.90. The fourth-order valence-electron chi connectivity index (χ4n) is 2.59. The highest BCUT2D eigenvalue weighted by Crippen LogP contribution is 2.18. The van der Waals surface area contributed by atoms with E-state index in [0.717, 1.165) is 12.2 Å². The molecule has 1 aliphatic rings. The van der Waals surface area contributed by atoms with Crippen LogP contribution in [0.15, 0.2) is 46.0 Å². The van der Waals surface area contributed by atoms with E-state index in [2.05, 4.69) is 10.3 Å². The number of anilines is 1. The summed E-state index contributed by atoms with van der Waals surface area (Å²) in [6, 6.07) is 7.16. The fourth-order valence-corrected chi connectivity index (χ4v) is 3.94. The molecule has 0 bridgehead atoms. The van der Waals surface area contributed by atoms with Gasteiger partial charge in [-0.05, 0) is 31.2 Å². The number of furan rings is 1. The molecule has 3 rings (SSSR count). The molecule has 1 atom stereocenters. The monoisotopic (exact) mass is 351 g/mol. The number of aromatic nitrogens is 1. The van der Waals surface area contributed by atoms with Gasteiger partial charge >= 0.3 is 0 Å². The van der Waals surface area contributed by atoms with Gasteiger partial charge in [-0.3, -0.25) is 0 Å².